The first-order chi connectivity index (χ1) is 8.22. The number of rotatable bonds is 5. The largest absolute Gasteiger partial charge is 0.487 e. The number of carbonyl (C=O) groups is 1. The second kappa shape index (κ2) is 4.92. The summed E-state index contributed by atoms with van der Waals surface area (Å²) in [4.78, 5) is 10.9. The van der Waals surface area contributed by atoms with Crippen molar-refractivity contribution in [1.29, 1.82) is 0 Å². The third-order valence-corrected chi connectivity index (χ3v) is 2.23. The monoisotopic (exact) mass is 240 g/mol. The summed E-state index contributed by atoms with van der Waals surface area (Å²) < 4.78 is 20.6. The van der Waals surface area contributed by atoms with E-state index < -0.39 is 5.97 Å². The van der Waals surface area contributed by atoms with Gasteiger partial charge in [0.1, 0.15) is 6.61 Å². The second-order valence-electron chi connectivity index (χ2n) is 3.35. The standard InChI is InChI=1S/C11H12O6/c1-14-2-3-15-8-4-7(11(12)13)5-9-10(8)17-6-16-9/h4-5H,2-3,6H2,1H3,(H,12,13). The Hall–Kier alpha value is -1.95. The lowest BCUT2D eigenvalue weighted by atomic mass is 10.2. The molecule has 1 aromatic rings. The lowest BCUT2D eigenvalue weighted by molar-refractivity contribution is 0.0696. The predicted octanol–water partition coefficient (Wildman–Crippen LogP) is 1.14. The highest BCUT2D eigenvalue weighted by Gasteiger charge is 2.22. The van der Waals surface area contributed by atoms with Crippen LogP contribution >= 0.6 is 0 Å². The molecular formula is C11H12O6. The van der Waals surface area contributed by atoms with Crippen molar-refractivity contribution < 1.29 is 28.8 Å². The zero-order chi connectivity index (χ0) is 12.3. The summed E-state index contributed by atoms with van der Waals surface area (Å²) in [6, 6.07) is 2.82. The molecule has 1 heterocycles. The van der Waals surface area contributed by atoms with Crippen LogP contribution in [0, 0.1) is 0 Å². The summed E-state index contributed by atoms with van der Waals surface area (Å²) in [6.45, 7) is 0.793. The van der Waals surface area contributed by atoms with Crippen LogP contribution in [0.25, 0.3) is 0 Å². The van der Waals surface area contributed by atoms with E-state index in [-0.39, 0.29) is 12.4 Å². The first-order valence-corrected chi connectivity index (χ1v) is 5.01. The van der Waals surface area contributed by atoms with Gasteiger partial charge in [0.25, 0.3) is 0 Å². The summed E-state index contributed by atoms with van der Waals surface area (Å²) in [5, 5.41) is 8.94. The van der Waals surface area contributed by atoms with Crippen molar-refractivity contribution in [1.82, 2.24) is 0 Å². The fourth-order valence-electron chi connectivity index (χ4n) is 1.44. The quantitative estimate of drug-likeness (QED) is 0.778. The van der Waals surface area contributed by atoms with Crippen molar-refractivity contribution in [2.75, 3.05) is 27.1 Å². The van der Waals surface area contributed by atoms with Gasteiger partial charge < -0.3 is 24.1 Å². The molecule has 0 saturated heterocycles. The Morgan fingerprint density at radius 2 is 2.24 bits per heavy atom. The minimum absolute atomic E-state index is 0.0685. The van der Waals surface area contributed by atoms with Crippen molar-refractivity contribution in [2.24, 2.45) is 0 Å². The van der Waals surface area contributed by atoms with E-state index in [9.17, 15) is 4.79 Å². The number of methoxy groups -OCH3 is 1. The first kappa shape index (κ1) is 11.5. The molecule has 92 valence electrons. The molecule has 0 spiro atoms. The fraction of sp³-hybridized carbons (Fsp3) is 0.364. The van der Waals surface area contributed by atoms with Crippen LogP contribution in [0.2, 0.25) is 0 Å². The molecule has 1 N–H and O–H groups in total. The Morgan fingerprint density at radius 1 is 1.41 bits per heavy atom. The third kappa shape index (κ3) is 2.42. The Balaban J connectivity index is 2.25. The molecule has 0 atom stereocenters. The van der Waals surface area contributed by atoms with E-state index in [1.165, 1.54) is 12.1 Å². The zero-order valence-electron chi connectivity index (χ0n) is 9.26. The lowest BCUT2D eigenvalue weighted by Gasteiger charge is -2.09. The van der Waals surface area contributed by atoms with E-state index in [0.29, 0.717) is 30.5 Å². The Bertz CT molecular complexity index is 428. The lowest BCUT2D eigenvalue weighted by Crippen LogP contribution is -2.06. The SMILES string of the molecule is COCCOc1cc(C(=O)O)cc2c1OCO2. The molecule has 0 amide bonds. The number of hydrogen-bond acceptors (Lipinski definition) is 5. The van der Waals surface area contributed by atoms with E-state index in [1.807, 2.05) is 0 Å². The van der Waals surface area contributed by atoms with Crippen molar-refractivity contribution in [3.05, 3.63) is 17.7 Å². The van der Waals surface area contributed by atoms with Crippen LogP contribution in [0.1, 0.15) is 10.4 Å². The molecule has 0 saturated carbocycles. The number of carboxylic acid groups (broad SMARTS) is 1. The molecular weight excluding hydrogens is 228 g/mol. The maximum absolute atomic E-state index is 10.9. The van der Waals surface area contributed by atoms with Gasteiger partial charge in [0.2, 0.25) is 12.5 Å². The van der Waals surface area contributed by atoms with Gasteiger partial charge in [0.05, 0.1) is 12.2 Å². The van der Waals surface area contributed by atoms with Gasteiger partial charge in [-0.15, -0.1) is 0 Å². The van der Waals surface area contributed by atoms with E-state index in [0.717, 1.165) is 0 Å². The van der Waals surface area contributed by atoms with Gasteiger partial charge in [0, 0.05) is 7.11 Å². The number of fused-ring (bicyclic) bond motifs is 1. The predicted molar refractivity (Wildman–Crippen MR) is 56.9 cm³/mol. The van der Waals surface area contributed by atoms with Crippen LogP contribution in [0.15, 0.2) is 12.1 Å². The van der Waals surface area contributed by atoms with Gasteiger partial charge in [-0.2, -0.15) is 0 Å². The van der Waals surface area contributed by atoms with Crippen molar-refractivity contribution in [3.63, 3.8) is 0 Å². The smallest absolute Gasteiger partial charge is 0.335 e. The molecule has 0 unspecified atom stereocenters. The average molecular weight is 240 g/mol. The highest BCUT2D eigenvalue weighted by Crippen LogP contribution is 2.41. The van der Waals surface area contributed by atoms with Gasteiger partial charge in [-0.05, 0) is 12.1 Å². The average Bonchev–Trinajstić information content (AvgIpc) is 2.77. The molecule has 6 heteroatoms. The van der Waals surface area contributed by atoms with Crippen LogP contribution in [0.4, 0.5) is 0 Å². The first-order valence-electron chi connectivity index (χ1n) is 5.01. The Kier molecular flexibility index (Phi) is 3.34. The topological polar surface area (TPSA) is 74.2 Å². The highest BCUT2D eigenvalue weighted by molar-refractivity contribution is 5.89. The van der Waals surface area contributed by atoms with Crippen LogP contribution in [0.5, 0.6) is 17.2 Å². The van der Waals surface area contributed by atoms with Crippen LogP contribution in [-0.4, -0.2) is 38.2 Å². The molecule has 17 heavy (non-hydrogen) atoms. The molecule has 1 aromatic carbocycles. The summed E-state index contributed by atoms with van der Waals surface area (Å²) in [6.07, 6.45) is 0. The molecule has 6 nitrogen and oxygen atoms in total. The van der Waals surface area contributed by atoms with Crippen LogP contribution < -0.4 is 14.2 Å². The third-order valence-electron chi connectivity index (χ3n) is 2.23. The maximum atomic E-state index is 10.9. The fourth-order valence-corrected chi connectivity index (χ4v) is 1.44. The van der Waals surface area contributed by atoms with Crippen LogP contribution in [-0.2, 0) is 4.74 Å². The summed E-state index contributed by atoms with van der Waals surface area (Å²) in [7, 11) is 1.56. The van der Waals surface area contributed by atoms with E-state index in [4.69, 9.17) is 24.1 Å². The highest BCUT2D eigenvalue weighted by atomic mass is 16.7. The molecule has 0 radical (unpaired) electrons. The van der Waals surface area contributed by atoms with Crippen molar-refractivity contribution in [2.45, 2.75) is 0 Å². The van der Waals surface area contributed by atoms with Gasteiger partial charge >= 0.3 is 5.97 Å². The van der Waals surface area contributed by atoms with Crippen molar-refractivity contribution >= 4 is 5.97 Å². The Morgan fingerprint density at radius 3 is 2.94 bits per heavy atom. The number of benzene rings is 1. The van der Waals surface area contributed by atoms with Crippen molar-refractivity contribution in [3.8, 4) is 17.2 Å². The van der Waals surface area contributed by atoms with Crippen LogP contribution in [0.3, 0.4) is 0 Å². The van der Waals surface area contributed by atoms with E-state index >= 15 is 0 Å². The molecule has 0 bridgehead atoms. The molecule has 1 aliphatic heterocycles. The van der Waals surface area contributed by atoms with Gasteiger partial charge in [-0.25, -0.2) is 4.79 Å². The number of carboxylic acids is 1. The van der Waals surface area contributed by atoms with E-state index in [1.54, 1.807) is 7.11 Å². The zero-order valence-corrected chi connectivity index (χ0v) is 9.26. The summed E-state index contributed by atoms with van der Waals surface area (Å²) in [5.41, 5.74) is 0.0988. The summed E-state index contributed by atoms with van der Waals surface area (Å²) >= 11 is 0. The molecule has 0 aromatic heterocycles. The van der Waals surface area contributed by atoms with Gasteiger partial charge in [0.15, 0.2) is 11.5 Å². The van der Waals surface area contributed by atoms with E-state index in [2.05, 4.69) is 0 Å². The molecule has 1 aliphatic rings. The van der Waals surface area contributed by atoms with Gasteiger partial charge in [-0.3, -0.25) is 0 Å². The number of ether oxygens (including phenoxy) is 4. The Labute approximate surface area is 97.7 Å². The summed E-state index contributed by atoms with van der Waals surface area (Å²) in [5.74, 6) is 0.137. The number of hydrogen-bond donors (Lipinski definition) is 1. The molecule has 2 rings (SSSR count). The molecule has 0 fully saturated rings. The molecule has 0 aliphatic carbocycles. The number of aromatic carboxylic acids is 1. The minimum atomic E-state index is -1.04. The maximum Gasteiger partial charge on any atom is 0.335 e. The second-order valence-corrected chi connectivity index (χ2v) is 3.35. The van der Waals surface area contributed by atoms with Gasteiger partial charge in [-0.1, -0.05) is 0 Å². The minimum Gasteiger partial charge on any atom is -0.487 e. The normalized spacial score (nSPS) is 12.5.